The Morgan fingerprint density at radius 2 is 1.55 bits per heavy atom. The van der Waals surface area contributed by atoms with Crippen LogP contribution in [0.1, 0.15) is 27.7 Å². The van der Waals surface area contributed by atoms with Crippen LogP contribution in [0, 0.1) is 0 Å². The minimum atomic E-state index is -5.07. The molecule has 5 atom stereocenters. The summed E-state index contributed by atoms with van der Waals surface area (Å²) in [5.41, 5.74) is -6.78. The molecule has 0 spiro atoms. The van der Waals surface area contributed by atoms with Crippen LogP contribution in [0.5, 0.6) is 0 Å². The molecule has 6 N–H and O–H groups in total. The predicted molar refractivity (Wildman–Crippen MR) is 65.4 cm³/mol. The summed E-state index contributed by atoms with van der Waals surface area (Å²) in [5, 5.41) is 40.4. The molecule has 120 valence electrons. The van der Waals surface area contributed by atoms with Crippen molar-refractivity contribution in [3.8, 4) is 0 Å². The second-order valence-corrected chi connectivity index (χ2v) is 6.77. The Bertz CT molecular complexity index is 426. The van der Waals surface area contributed by atoms with Gasteiger partial charge in [-0.3, -0.25) is 4.52 Å². The van der Waals surface area contributed by atoms with Crippen LogP contribution in [-0.2, 0) is 13.8 Å². The first-order chi connectivity index (χ1) is 8.62. The van der Waals surface area contributed by atoms with E-state index in [2.05, 4.69) is 4.52 Å². The molecular weight excluding hydrogens is 295 g/mol. The molecule has 1 aliphatic rings. The molecular formula is C10H21O9P. The van der Waals surface area contributed by atoms with Gasteiger partial charge >= 0.3 is 7.82 Å². The van der Waals surface area contributed by atoms with Gasteiger partial charge in [0.05, 0.1) is 6.61 Å². The van der Waals surface area contributed by atoms with Gasteiger partial charge in [0.15, 0.2) is 0 Å². The molecule has 1 heterocycles. The zero-order valence-corrected chi connectivity index (χ0v) is 12.5. The predicted octanol–water partition coefficient (Wildman–Crippen LogP) is -1.54. The summed E-state index contributed by atoms with van der Waals surface area (Å²) in [6, 6.07) is 0. The van der Waals surface area contributed by atoms with Crippen molar-refractivity contribution in [2.75, 3.05) is 6.61 Å². The molecule has 9 nitrogen and oxygen atoms in total. The van der Waals surface area contributed by atoms with Gasteiger partial charge in [-0.15, -0.1) is 0 Å². The first kappa shape index (κ1) is 18.0. The molecule has 10 heteroatoms. The van der Waals surface area contributed by atoms with Crippen LogP contribution in [0.15, 0.2) is 0 Å². The van der Waals surface area contributed by atoms with Gasteiger partial charge in [-0.05, 0) is 27.7 Å². The number of aliphatic hydroxyl groups is 4. The van der Waals surface area contributed by atoms with Gasteiger partial charge in [-0.1, -0.05) is 0 Å². The highest BCUT2D eigenvalue weighted by Crippen LogP contribution is 2.54. The first-order valence-corrected chi connectivity index (χ1v) is 7.37. The molecule has 0 aromatic heterocycles. The van der Waals surface area contributed by atoms with Crippen LogP contribution in [0.2, 0.25) is 0 Å². The summed E-state index contributed by atoms with van der Waals surface area (Å²) in [4.78, 5) is 17.8. The van der Waals surface area contributed by atoms with Crippen LogP contribution in [0.3, 0.4) is 0 Å². The number of rotatable bonds is 3. The Morgan fingerprint density at radius 3 is 1.90 bits per heavy atom. The topological polar surface area (TPSA) is 157 Å². The molecule has 0 amide bonds. The van der Waals surface area contributed by atoms with Crippen LogP contribution >= 0.6 is 7.82 Å². The van der Waals surface area contributed by atoms with Gasteiger partial charge in [-0.2, -0.15) is 0 Å². The maximum atomic E-state index is 11.0. The van der Waals surface area contributed by atoms with Crippen molar-refractivity contribution in [3.05, 3.63) is 0 Å². The van der Waals surface area contributed by atoms with Gasteiger partial charge in [0.2, 0.25) is 5.79 Å². The fraction of sp³-hybridized carbons (Fsp3) is 1.00. The first-order valence-electron chi connectivity index (χ1n) is 5.84. The highest BCUT2D eigenvalue weighted by molar-refractivity contribution is 7.46. The van der Waals surface area contributed by atoms with E-state index in [1.54, 1.807) is 0 Å². The molecule has 1 aliphatic heterocycles. The van der Waals surface area contributed by atoms with Gasteiger partial charge in [0.1, 0.15) is 22.9 Å². The Morgan fingerprint density at radius 1 is 1.10 bits per heavy atom. The van der Waals surface area contributed by atoms with E-state index in [-0.39, 0.29) is 0 Å². The normalized spacial score (nSPS) is 50.2. The lowest BCUT2D eigenvalue weighted by Crippen LogP contribution is -2.81. The third-order valence-corrected chi connectivity index (χ3v) is 4.86. The van der Waals surface area contributed by atoms with Crippen molar-refractivity contribution in [2.45, 2.75) is 56.4 Å². The highest BCUT2D eigenvalue weighted by atomic mass is 31.2. The van der Waals surface area contributed by atoms with Crippen molar-refractivity contribution >= 4 is 7.82 Å². The van der Waals surface area contributed by atoms with E-state index in [4.69, 9.17) is 14.5 Å². The molecule has 0 aromatic rings. The number of ether oxygens (including phenoxy) is 1. The van der Waals surface area contributed by atoms with Crippen LogP contribution < -0.4 is 0 Å². The van der Waals surface area contributed by atoms with E-state index in [0.29, 0.717) is 0 Å². The molecule has 20 heavy (non-hydrogen) atoms. The number of hydrogen-bond donors (Lipinski definition) is 6. The van der Waals surface area contributed by atoms with Crippen molar-refractivity contribution in [1.29, 1.82) is 0 Å². The van der Waals surface area contributed by atoms with E-state index in [1.165, 1.54) is 0 Å². The average Bonchev–Trinajstić information content (AvgIpc) is 2.21. The summed E-state index contributed by atoms with van der Waals surface area (Å²) in [6.45, 7) is 3.42. The monoisotopic (exact) mass is 316 g/mol. The van der Waals surface area contributed by atoms with Crippen LogP contribution in [0.25, 0.3) is 0 Å². The Hall–Kier alpha value is -0.0900. The van der Waals surface area contributed by atoms with Crippen LogP contribution in [0.4, 0.5) is 0 Å². The summed E-state index contributed by atoms with van der Waals surface area (Å²) < 4.78 is 20.6. The van der Waals surface area contributed by atoms with E-state index >= 15 is 0 Å². The van der Waals surface area contributed by atoms with Gasteiger partial charge < -0.3 is 34.9 Å². The maximum absolute atomic E-state index is 11.0. The smallest absolute Gasteiger partial charge is 0.394 e. The van der Waals surface area contributed by atoms with Crippen LogP contribution in [-0.4, -0.2) is 65.5 Å². The summed E-state index contributed by atoms with van der Waals surface area (Å²) in [5.74, 6) is -2.36. The summed E-state index contributed by atoms with van der Waals surface area (Å²) in [6.07, 6.45) is -1.44. The largest absolute Gasteiger partial charge is 0.472 e. The summed E-state index contributed by atoms with van der Waals surface area (Å²) in [7, 11) is -5.07. The minimum Gasteiger partial charge on any atom is -0.394 e. The highest BCUT2D eigenvalue weighted by Gasteiger charge is 2.71. The second-order valence-electron chi connectivity index (χ2n) is 5.61. The lowest BCUT2D eigenvalue weighted by Gasteiger charge is -2.61. The van der Waals surface area contributed by atoms with Crippen molar-refractivity contribution in [2.24, 2.45) is 0 Å². The Labute approximate surface area is 116 Å². The fourth-order valence-corrected chi connectivity index (χ4v) is 2.98. The molecule has 0 saturated carbocycles. The third-order valence-electron chi connectivity index (χ3n) is 4.27. The molecule has 1 saturated heterocycles. The second kappa shape index (κ2) is 4.70. The molecule has 0 aliphatic carbocycles. The van der Waals surface area contributed by atoms with Gasteiger partial charge in [0, 0.05) is 0 Å². The number of phosphoric ester groups is 1. The Balaban J connectivity index is 3.39. The Kier molecular flexibility index (Phi) is 4.22. The lowest BCUT2D eigenvalue weighted by atomic mass is 9.65. The van der Waals surface area contributed by atoms with Gasteiger partial charge in [0.25, 0.3) is 0 Å². The molecule has 1 rings (SSSR count). The fourth-order valence-electron chi connectivity index (χ4n) is 2.30. The van der Waals surface area contributed by atoms with Crippen molar-refractivity contribution < 1.29 is 44.0 Å². The molecule has 0 bridgehead atoms. The van der Waals surface area contributed by atoms with E-state index < -0.39 is 43.1 Å². The lowest BCUT2D eigenvalue weighted by molar-refractivity contribution is -0.417. The maximum Gasteiger partial charge on any atom is 0.472 e. The van der Waals surface area contributed by atoms with E-state index in [1.807, 2.05) is 0 Å². The van der Waals surface area contributed by atoms with Gasteiger partial charge in [-0.25, -0.2) is 4.57 Å². The van der Waals surface area contributed by atoms with Crippen molar-refractivity contribution in [3.63, 3.8) is 0 Å². The molecule has 0 radical (unpaired) electrons. The minimum absolute atomic E-state index is 0.765. The van der Waals surface area contributed by atoms with Crippen molar-refractivity contribution in [1.82, 2.24) is 0 Å². The zero-order chi connectivity index (χ0) is 16.2. The standard InChI is InChI=1S/C10H21O9P/c1-7(12)6(5-11)18-10(4,19-20(15,16)17)9(3,14)8(7,2)13/h6,11-14H,5H2,1-4H3,(H2,15,16,17)/t6?,7-,8?,9?,10-/m1/s1. The number of hydrogen-bond acceptors (Lipinski definition) is 7. The van der Waals surface area contributed by atoms with E-state index in [0.717, 1.165) is 27.7 Å². The third kappa shape index (κ3) is 2.43. The molecule has 1 fully saturated rings. The van der Waals surface area contributed by atoms with E-state index in [9.17, 15) is 25.0 Å². The number of aliphatic hydroxyl groups excluding tert-OH is 1. The molecule has 0 aromatic carbocycles. The summed E-state index contributed by atoms with van der Waals surface area (Å²) >= 11 is 0. The quantitative estimate of drug-likeness (QED) is 0.339. The number of phosphoric acid groups is 1. The SMILES string of the molecule is CC1(O)C(C)(O)[C@](C)(O)C(CO)O[C@]1(C)OP(=O)(O)O. The average molecular weight is 316 g/mol. The zero-order valence-electron chi connectivity index (χ0n) is 11.6. The molecule has 3 unspecified atom stereocenters.